The van der Waals surface area contributed by atoms with Crippen LogP contribution < -0.4 is 5.32 Å². The number of rotatable bonds is 4. The summed E-state index contributed by atoms with van der Waals surface area (Å²) in [5.74, 6) is -0.196. The Balaban J connectivity index is 2.21. The van der Waals surface area contributed by atoms with Crippen LogP contribution in [0.1, 0.15) is 15.9 Å². The largest absolute Gasteiger partial charge is 0.322 e. The fourth-order valence-corrected chi connectivity index (χ4v) is 1.73. The topological polar surface area (TPSA) is 46.2 Å². The summed E-state index contributed by atoms with van der Waals surface area (Å²) in [4.78, 5) is 22.7. The lowest BCUT2D eigenvalue weighted by atomic mass is 10.0. The van der Waals surface area contributed by atoms with E-state index in [0.29, 0.717) is 5.56 Å². The fourth-order valence-electron chi connectivity index (χ4n) is 1.73. The lowest BCUT2D eigenvalue weighted by Gasteiger charge is -2.08. The lowest BCUT2D eigenvalue weighted by molar-refractivity contribution is -0.107. The zero-order valence-corrected chi connectivity index (χ0v) is 9.80. The third-order valence-corrected chi connectivity index (χ3v) is 2.60. The molecular formula is C15H13NO2. The quantitative estimate of drug-likeness (QED) is 0.834. The molecule has 2 aromatic carbocycles. The number of nitrogens with one attached hydrogen (secondary N) is 1. The molecule has 90 valence electrons. The van der Waals surface area contributed by atoms with E-state index in [1.54, 1.807) is 18.2 Å². The van der Waals surface area contributed by atoms with Crippen LogP contribution in [0.25, 0.3) is 0 Å². The molecule has 0 radical (unpaired) electrons. The highest BCUT2D eigenvalue weighted by Crippen LogP contribution is 2.12. The molecule has 0 aliphatic rings. The molecule has 0 heterocycles. The van der Waals surface area contributed by atoms with Crippen LogP contribution in [-0.2, 0) is 11.2 Å². The van der Waals surface area contributed by atoms with E-state index in [1.165, 1.54) is 0 Å². The van der Waals surface area contributed by atoms with Gasteiger partial charge in [-0.3, -0.25) is 4.79 Å². The highest BCUT2D eigenvalue weighted by atomic mass is 16.1. The van der Waals surface area contributed by atoms with Crippen molar-refractivity contribution in [3.05, 3.63) is 65.7 Å². The van der Waals surface area contributed by atoms with Gasteiger partial charge in [-0.05, 0) is 23.8 Å². The number of benzene rings is 2. The Morgan fingerprint density at radius 2 is 1.67 bits per heavy atom. The fraction of sp³-hybridized carbons (Fsp3) is 0.0667. The molecule has 2 aromatic rings. The molecule has 0 saturated heterocycles. The first-order valence-electron chi connectivity index (χ1n) is 5.69. The highest BCUT2D eigenvalue weighted by molar-refractivity contribution is 6.05. The number of hydrogen-bond donors (Lipinski definition) is 1. The Bertz CT molecular complexity index is 549. The van der Waals surface area contributed by atoms with Gasteiger partial charge in [-0.15, -0.1) is 0 Å². The number of carbonyl (C=O) groups is 2. The van der Waals surface area contributed by atoms with Crippen LogP contribution in [0.5, 0.6) is 0 Å². The van der Waals surface area contributed by atoms with Crippen LogP contribution in [0, 0.1) is 0 Å². The standard InChI is InChI=1S/C15H13NO2/c17-11-10-12-6-4-5-9-14(12)15(18)16-13-7-2-1-3-8-13/h1-9,11H,10H2,(H,16,18). The van der Waals surface area contributed by atoms with Gasteiger partial charge in [0.05, 0.1) is 0 Å². The molecule has 0 saturated carbocycles. The summed E-state index contributed by atoms with van der Waals surface area (Å²) < 4.78 is 0. The van der Waals surface area contributed by atoms with Crippen LogP contribution in [-0.4, -0.2) is 12.2 Å². The van der Waals surface area contributed by atoms with Gasteiger partial charge in [-0.25, -0.2) is 0 Å². The van der Waals surface area contributed by atoms with E-state index in [2.05, 4.69) is 5.32 Å². The minimum absolute atomic E-state index is 0.196. The van der Waals surface area contributed by atoms with Gasteiger partial charge in [0.15, 0.2) is 0 Å². The van der Waals surface area contributed by atoms with Gasteiger partial charge in [0.1, 0.15) is 6.29 Å². The minimum atomic E-state index is -0.196. The molecule has 18 heavy (non-hydrogen) atoms. The van der Waals surface area contributed by atoms with Crippen molar-refractivity contribution in [2.24, 2.45) is 0 Å². The SMILES string of the molecule is O=CCc1ccccc1C(=O)Nc1ccccc1. The monoisotopic (exact) mass is 239 g/mol. The third-order valence-electron chi connectivity index (χ3n) is 2.60. The molecule has 0 aromatic heterocycles. The highest BCUT2D eigenvalue weighted by Gasteiger charge is 2.10. The van der Waals surface area contributed by atoms with Gasteiger partial charge in [0.25, 0.3) is 5.91 Å². The van der Waals surface area contributed by atoms with Crippen molar-refractivity contribution in [3.63, 3.8) is 0 Å². The maximum atomic E-state index is 12.1. The molecule has 0 aliphatic heterocycles. The van der Waals surface area contributed by atoms with Crippen LogP contribution in [0.2, 0.25) is 0 Å². The van der Waals surface area contributed by atoms with Gasteiger partial charge >= 0.3 is 0 Å². The molecule has 0 fully saturated rings. The maximum Gasteiger partial charge on any atom is 0.255 e. The van der Waals surface area contributed by atoms with Crippen LogP contribution in [0.4, 0.5) is 5.69 Å². The smallest absolute Gasteiger partial charge is 0.255 e. The summed E-state index contributed by atoms with van der Waals surface area (Å²) in [5.41, 5.74) is 2.01. The van der Waals surface area contributed by atoms with Crippen molar-refractivity contribution >= 4 is 17.9 Å². The summed E-state index contributed by atoms with van der Waals surface area (Å²) in [7, 11) is 0. The Morgan fingerprint density at radius 3 is 2.39 bits per heavy atom. The summed E-state index contributed by atoms with van der Waals surface area (Å²) >= 11 is 0. The second-order valence-electron chi connectivity index (χ2n) is 3.85. The minimum Gasteiger partial charge on any atom is -0.322 e. The predicted octanol–water partition coefficient (Wildman–Crippen LogP) is 2.68. The number of amides is 1. The first kappa shape index (κ1) is 12.0. The average Bonchev–Trinajstić information content (AvgIpc) is 2.41. The van der Waals surface area contributed by atoms with E-state index in [0.717, 1.165) is 17.5 Å². The molecule has 0 aliphatic carbocycles. The van der Waals surface area contributed by atoms with Crippen molar-refractivity contribution in [3.8, 4) is 0 Å². The van der Waals surface area contributed by atoms with Gasteiger partial charge < -0.3 is 10.1 Å². The van der Waals surface area contributed by atoms with E-state index in [4.69, 9.17) is 0 Å². The van der Waals surface area contributed by atoms with Gasteiger partial charge in [0, 0.05) is 17.7 Å². The van der Waals surface area contributed by atoms with E-state index in [-0.39, 0.29) is 12.3 Å². The first-order chi connectivity index (χ1) is 8.81. The third kappa shape index (κ3) is 2.83. The van der Waals surface area contributed by atoms with Gasteiger partial charge in [-0.1, -0.05) is 36.4 Å². The van der Waals surface area contributed by atoms with Crippen LogP contribution >= 0.6 is 0 Å². The molecule has 3 heteroatoms. The predicted molar refractivity (Wildman–Crippen MR) is 70.6 cm³/mol. The molecule has 1 N–H and O–H groups in total. The van der Waals surface area contributed by atoms with E-state index in [9.17, 15) is 9.59 Å². The molecule has 0 atom stereocenters. The van der Waals surface area contributed by atoms with Crippen molar-refractivity contribution in [2.75, 3.05) is 5.32 Å². The second kappa shape index (κ2) is 5.77. The zero-order valence-electron chi connectivity index (χ0n) is 9.80. The van der Waals surface area contributed by atoms with Gasteiger partial charge in [-0.2, -0.15) is 0 Å². The van der Waals surface area contributed by atoms with Crippen LogP contribution in [0.3, 0.4) is 0 Å². The summed E-state index contributed by atoms with van der Waals surface area (Å²) in [6.45, 7) is 0. The van der Waals surface area contributed by atoms with E-state index < -0.39 is 0 Å². The second-order valence-corrected chi connectivity index (χ2v) is 3.85. The Labute approximate surface area is 105 Å². The molecule has 0 spiro atoms. The van der Waals surface area contributed by atoms with Crippen molar-refractivity contribution in [1.29, 1.82) is 0 Å². The van der Waals surface area contributed by atoms with Crippen molar-refractivity contribution in [1.82, 2.24) is 0 Å². The lowest BCUT2D eigenvalue weighted by Crippen LogP contribution is -2.14. The number of anilines is 1. The summed E-state index contributed by atoms with van der Waals surface area (Å²) in [6, 6.07) is 16.3. The summed E-state index contributed by atoms with van der Waals surface area (Å²) in [5, 5.41) is 2.80. The Kier molecular flexibility index (Phi) is 3.86. The van der Waals surface area contributed by atoms with E-state index in [1.807, 2.05) is 36.4 Å². The Morgan fingerprint density at radius 1 is 1.00 bits per heavy atom. The average molecular weight is 239 g/mol. The van der Waals surface area contributed by atoms with Crippen molar-refractivity contribution < 1.29 is 9.59 Å². The normalized spacial score (nSPS) is 9.78. The first-order valence-corrected chi connectivity index (χ1v) is 5.69. The zero-order chi connectivity index (χ0) is 12.8. The Hall–Kier alpha value is -2.42. The number of para-hydroxylation sites is 1. The molecule has 1 amide bonds. The molecule has 0 bridgehead atoms. The number of hydrogen-bond acceptors (Lipinski definition) is 2. The molecule has 2 rings (SSSR count). The molecular weight excluding hydrogens is 226 g/mol. The number of aldehydes is 1. The maximum absolute atomic E-state index is 12.1. The van der Waals surface area contributed by atoms with Gasteiger partial charge in [0.2, 0.25) is 0 Å². The van der Waals surface area contributed by atoms with Crippen molar-refractivity contribution in [2.45, 2.75) is 6.42 Å². The molecule has 0 unspecified atom stereocenters. The van der Waals surface area contributed by atoms with E-state index >= 15 is 0 Å². The summed E-state index contributed by atoms with van der Waals surface area (Å²) in [6.07, 6.45) is 1.05. The molecule has 3 nitrogen and oxygen atoms in total. The number of carbonyl (C=O) groups excluding carboxylic acids is 2. The van der Waals surface area contributed by atoms with Crippen LogP contribution in [0.15, 0.2) is 54.6 Å².